The molecule has 2 N–H and O–H groups in total. The van der Waals surface area contributed by atoms with E-state index in [0.717, 1.165) is 21.7 Å². The molecule has 4 rings (SSSR count). The van der Waals surface area contributed by atoms with Crippen molar-refractivity contribution in [2.24, 2.45) is 4.99 Å². The molecule has 1 aromatic heterocycles. The molecule has 6 heteroatoms. The molecule has 2 aromatic carbocycles. The van der Waals surface area contributed by atoms with E-state index in [9.17, 15) is 4.79 Å². The maximum atomic E-state index is 11.5. The first-order valence-electron chi connectivity index (χ1n) is 8.94. The molecule has 0 saturated heterocycles. The number of benzene rings is 2. The highest BCUT2D eigenvalue weighted by Gasteiger charge is 2.33. The number of anilines is 2. The van der Waals surface area contributed by atoms with Gasteiger partial charge in [0.15, 0.2) is 0 Å². The third-order valence-electron chi connectivity index (χ3n) is 4.56. The molecule has 0 spiro atoms. The molecule has 0 bridgehead atoms. The van der Waals surface area contributed by atoms with E-state index in [1.807, 2.05) is 31.2 Å². The third-order valence-corrected chi connectivity index (χ3v) is 7.20. The van der Waals surface area contributed by atoms with Gasteiger partial charge in [0.1, 0.15) is 4.67 Å². The zero-order valence-corrected chi connectivity index (χ0v) is 17.1. The number of rotatable bonds is 3. The lowest BCUT2D eigenvalue weighted by molar-refractivity contribution is -0.115. The van der Waals surface area contributed by atoms with Crippen molar-refractivity contribution in [3.05, 3.63) is 58.1 Å². The maximum absolute atomic E-state index is 11.5. The second-order valence-corrected chi connectivity index (χ2v) is 9.16. The molecule has 0 unspecified atom stereocenters. The van der Waals surface area contributed by atoms with E-state index < -0.39 is 0 Å². The van der Waals surface area contributed by atoms with Crippen molar-refractivity contribution in [2.75, 3.05) is 10.6 Å². The molecule has 0 radical (unpaired) electrons. The molecule has 3 aromatic rings. The highest BCUT2D eigenvalue weighted by Crippen LogP contribution is 2.45. The minimum atomic E-state index is -0.118. The van der Waals surface area contributed by atoms with Crippen LogP contribution in [0.5, 0.6) is 0 Å². The van der Waals surface area contributed by atoms with Crippen LogP contribution in [-0.2, 0) is 10.3 Å². The second kappa shape index (κ2) is 6.94. The third kappa shape index (κ3) is 3.42. The number of nitrogens with zero attached hydrogens (tertiary/aromatic N) is 1. The van der Waals surface area contributed by atoms with E-state index in [2.05, 4.69) is 48.7 Å². The first kappa shape index (κ1) is 17.9. The Kier molecular flexibility index (Phi) is 4.61. The Hall–Kier alpha value is -2.44. The van der Waals surface area contributed by atoms with Gasteiger partial charge in [-0.3, -0.25) is 4.79 Å². The maximum Gasteiger partial charge on any atom is 0.224 e. The van der Waals surface area contributed by atoms with Gasteiger partial charge in [-0.25, -0.2) is 4.99 Å². The molecule has 27 heavy (non-hydrogen) atoms. The van der Waals surface area contributed by atoms with E-state index in [0.29, 0.717) is 6.42 Å². The van der Waals surface area contributed by atoms with Crippen LogP contribution >= 0.6 is 20.7 Å². The summed E-state index contributed by atoms with van der Waals surface area (Å²) in [4.78, 5) is 17.7. The summed E-state index contributed by atoms with van der Waals surface area (Å²) in [5.41, 5.74) is 5.15. The highest BCUT2D eigenvalue weighted by molar-refractivity contribution is 7.68. The summed E-state index contributed by atoms with van der Waals surface area (Å²) in [7, 11) is 3.49. The average Bonchev–Trinajstić information content (AvgIpc) is 3.08. The van der Waals surface area contributed by atoms with E-state index in [-0.39, 0.29) is 11.4 Å². The minimum absolute atomic E-state index is 0.0140. The lowest BCUT2D eigenvalue weighted by atomic mass is 9.90. The summed E-state index contributed by atoms with van der Waals surface area (Å²) in [5, 5.41) is 6.50. The molecular formula is C21H21N3OS2. The van der Waals surface area contributed by atoms with Gasteiger partial charge in [-0.15, -0.1) is 0 Å². The Bertz CT molecular complexity index is 1060. The monoisotopic (exact) mass is 395 g/mol. The zero-order valence-electron chi connectivity index (χ0n) is 15.5. The first-order valence-corrected chi connectivity index (χ1v) is 11.1. The van der Waals surface area contributed by atoms with Crippen molar-refractivity contribution >= 4 is 43.7 Å². The predicted molar refractivity (Wildman–Crippen MR) is 115 cm³/mol. The number of fused-ring (bicyclic) bond motifs is 3. The van der Waals surface area contributed by atoms with Crippen molar-refractivity contribution < 1.29 is 4.79 Å². The van der Waals surface area contributed by atoms with E-state index >= 15 is 0 Å². The van der Waals surface area contributed by atoms with E-state index in [4.69, 9.17) is 4.99 Å². The van der Waals surface area contributed by atoms with Gasteiger partial charge in [-0.05, 0) is 44.2 Å². The first-order chi connectivity index (χ1) is 13.0. The van der Waals surface area contributed by atoms with Crippen LogP contribution in [0.25, 0.3) is 11.1 Å². The molecule has 0 atom stereocenters. The number of hydrogen-bond donors (Lipinski definition) is 2. The molecule has 2 heterocycles. The second-order valence-electron chi connectivity index (χ2n) is 7.03. The van der Waals surface area contributed by atoms with Crippen LogP contribution in [0.3, 0.4) is 0 Å². The van der Waals surface area contributed by atoms with Gasteiger partial charge in [0.05, 0.1) is 16.1 Å². The fourth-order valence-corrected chi connectivity index (χ4v) is 6.12. The Balaban J connectivity index is 1.77. The number of hydrogen-bond acceptors (Lipinski definition) is 5. The van der Waals surface area contributed by atoms with Crippen molar-refractivity contribution in [2.45, 2.75) is 32.7 Å². The number of carbonyl (C=O) groups excluding carboxylic acids is 1. The summed E-state index contributed by atoms with van der Waals surface area (Å²) in [6.45, 7) is 6.26. The number of nitrogens with one attached hydrogen (secondary N) is 2. The Morgan fingerprint density at radius 2 is 1.85 bits per heavy atom. The lowest BCUT2D eigenvalue weighted by Gasteiger charge is -2.33. The minimum Gasteiger partial charge on any atom is -0.375 e. The van der Waals surface area contributed by atoms with Crippen LogP contribution in [-0.4, -0.2) is 5.91 Å². The SMILES string of the molecule is CCC(=O)Nc1ccc(N=c2ssc3c2-c2ccccc2NC3(C)C)cc1. The van der Waals surface area contributed by atoms with Gasteiger partial charge in [-0.1, -0.05) is 45.8 Å². The van der Waals surface area contributed by atoms with E-state index in [1.54, 1.807) is 20.7 Å². The quantitative estimate of drug-likeness (QED) is 0.557. The van der Waals surface area contributed by atoms with Gasteiger partial charge in [0.2, 0.25) is 5.91 Å². The number of para-hydroxylation sites is 1. The normalized spacial score (nSPS) is 14.9. The van der Waals surface area contributed by atoms with Crippen LogP contribution in [0.15, 0.2) is 53.5 Å². The van der Waals surface area contributed by atoms with E-state index in [1.165, 1.54) is 16.0 Å². The van der Waals surface area contributed by atoms with Gasteiger partial charge < -0.3 is 10.6 Å². The summed E-state index contributed by atoms with van der Waals surface area (Å²) in [6, 6.07) is 16.1. The summed E-state index contributed by atoms with van der Waals surface area (Å²) >= 11 is 0. The Morgan fingerprint density at radius 1 is 1.11 bits per heavy atom. The van der Waals surface area contributed by atoms with Crippen molar-refractivity contribution in [3.63, 3.8) is 0 Å². The number of amides is 1. The van der Waals surface area contributed by atoms with Crippen LogP contribution < -0.4 is 15.3 Å². The molecule has 138 valence electrons. The zero-order chi connectivity index (χ0) is 19.0. The Morgan fingerprint density at radius 3 is 2.59 bits per heavy atom. The molecular weight excluding hydrogens is 374 g/mol. The van der Waals surface area contributed by atoms with Crippen molar-refractivity contribution in [3.8, 4) is 11.1 Å². The molecule has 0 saturated carbocycles. The molecule has 1 aliphatic rings. The van der Waals surface area contributed by atoms with Crippen LogP contribution in [0, 0.1) is 0 Å². The Labute approximate surface area is 166 Å². The molecule has 0 aliphatic carbocycles. The summed E-state index contributed by atoms with van der Waals surface area (Å²) in [5.74, 6) is 0.0140. The van der Waals surface area contributed by atoms with Crippen LogP contribution in [0.1, 0.15) is 32.1 Å². The topological polar surface area (TPSA) is 53.5 Å². The summed E-state index contributed by atoms with van der Waals surface area (Å²) < 4.78 is 1.03. The molecule has 1 aliphatic heterocycles. The van der Waals surface area contributed by atoms with Gasteiger partial charge in [0, 0.05) is 28.9 Å². The fourth-order valence-electron chi connectivity index (χ4n) is 3.18. The van der Waals surface area contributed by atoms with Crippen molar-refractivity contribution in [1.29, 1.82) is 0 Å². The number of carbonyl (C=O) groups is 1. The highest BCUT2D eigenvalue weighted by atomic mass is 32.9. The lowest BCUT2D eigenvalue weighted by Crippen LogP contribution is -2.31. The smallest absolute Gasteiger partial charge is 0.224 e. The standard InChI is InChI=1S/C21H21N3OS2/c1-4-17(25)22-13-9-11-14(12-10-13)23-20-18-15-7-5-6-8-16(15)24-21(2,3)19(18)26-27-20/h5-12,24H,4H2,1-3H3,(H,22,25). The van der Waals surface area contributed by atoms with Crippen LogP contribution in [0.4, 0.5) is 17.1 Å². The molecule has 4 nitrogen and oxygen atoms in total. The van der Waals surface area contributed by atoms with Gasteiger partial charge in [0.25, 0.3) is 0 Å². The van der Waals surface area contributed by atoms with Gasteiger partial charge in [-0.2, -0.15) is 0 Å². The fraction of sp³-hybridized carbons (Fsp3) is 0.238. The van der Waals surface area contributed by atoms with Gasteiger partial charge >= 0.3 is 0 Å². The van der Waals surface area contributed by atoms with Crippen LogP contribution in [0.2, 0.25) is 0 Å². The molecule has 1 amide bonds. The van der Waals surface area contributed by atoms with Crippen molar-refractivity contribution in [1.82, 2.24) is 0 Å². The molecule has 0 fully saturated rings. The predicted octanol–water partition coefficient (Wildman–Crippen LogP) is 5.72. The summed E-state index contributed by atoms with van der Waals surface area (Å²) in [6.07, 6.45) is 0.470. The largest absolute Gasteiger partial charge is 0.375 e. The average molecular weight is 396 g/mol.